The number of nitrogens with one attached hydrogen (secondary N) is 1. The summed E-state index contributed by atoms with van der Waals surface area (Å²) in [5.74, 6) is -0.692. The minimum absolute atomic E-state index is 0.0951. The summed E-state index contributed by atoms with van der Waals surface area (Å²) in [5.41, 5.74) is 2.98. The van der Waals surface area contributed by atoms with E-state index in [2.05, 4.69) is 5.32 Å². The van der Waals surface area contributed by atoms with Gasteiger partial charge in [0.25, 0.3) is 0 Å². The number of carbonyl (C=O) groups excluding carboxylic acids is 1. The maximum absolute atomic E-state index is 13.1. The SMILES string of the molecule is Cc1ccc([C@@H](C(=O)NCc2ccccc2)[C@@H](C)/C=C/c2ccc(C(F)(F)F)cc2)cc1. The van der Waals surface area contributed by atoms with Gasteiger partial charge in [-0.05, 0) is 41.7 Å². The van der Waals surface area contributed by atoms with Crippen LogP contribution >= 0.6 is 0 Å². The minimum atomic E-state index is -4.36. The molecule has 1 amide bonds. The first-order valence-corrected chi connectivity index (χ1v) is 10.5. The third-order valence-corrected chi connectivity index (χ3v) is 5.38. The predicted molar refractivity (Wildman–Crippen MR) is 122 cm³/mol. The molecule has 0 saturated heterocycles. The van der Waals surface area contributed by atoms with Crippen LogP contribution in [0, 0.1) is 12.8 Å². The molecule has 3 rings (SSSR count). The Bertz CT molecular complexity index is 1040. The molecule has 0 radical (unpaired) electrons. The summed E-state index contributed by atoms with van der Waals surface area (Å²) in [7, 11) is 0. The molecule has 0 bridgehead atoms. The number of allylic oxidation sites excluding steroid dienone is 1. The molecule has 0 aromatic heterocycles. The van der Waals surface area contributed by atoms with Crippen molar-refractivity contribution in [2.45, 2.75) is 32.5 Å². The number of halogens is 3. The third kappa shape index (κ3) is 6.33. The zero-order valence-electron chi connectivity index (χ0n) is 18.1. The fourth-order valence-corrected chi connectivity index (χ4v) is 3.52. The van der Waals surface area contributed by atoms with E-state index in [0.29, 0.717) is 12.1 Å². The Balaban J connectivity index is 1.78. The van der Waals surface area contributed by atoms with Gasteiger partial charge in [0.2, 0.25) is 5.91 Å². The minimum Gasteiger partial charge on any atom is -0.351 e. The highest BCUT2D eigenvalue weighted by Gasteiger charge is 2.30. The van der Waals surface area contributed by atoms with Gasteiger partial charge >= 0.3 is 6.18 Å². The molecule has 1 N–H and O–H groups in total. The Labute approximate surface area is 186 Å². The van der Waals surface area contributed by atoms with Gasteiger partial charge in [0, 0.05) is 6.54 Å². The number of hydrogen-bond acceptors (Lipinski definition) is 1. The van der Waals surface area contributed by atoms with E-state index in [1.54, 1.807) is 6.08 Å². The largest absolute Gasteiger partial charge is 0.416 e. The van der Waals surface area contributed by atoms with Crippen molar-refractivity contribution in [1.29, 1.82) is 0 Å². The van der Waals surface area contributed by atoms with Crippen LogP contribution in [-0.2, 0) is 17.5 Å². The number of rotatable bonds is 7. The van der Waals surface area contributed by atoms with E-state index >= 15 is 0 Å². The summed E-state index contributed by atoms with van der Waals surface area (Å²) in [5, 5.41) is 3.02. The molecule has 0 saturated carbocycles. The second kappa shape index (κ2) is 10.3. The van der Waals surface area contributed by atoms with Gasteiger partial charge in [0.15, 0.2) is 0 Å². The second-order valence-electron chi connectivity index (χ2n) is 7.93. The van der Waals surface area contributed by atoms with Gasteiger partial charge < -0.3 is 5.32 Å². The molecule has 0 aliphatic carbocycles. The molecule has 0 unspecified atom stereocenters. The van der Waals surface area contributed by atoms with Crippen molar-refractivity contribution in [2.75, 3.05) is 0 Å². The number of carbonyl (C=O) groups is 1. The summed E-state index contributed by atoms with van der Waals surface area (Å²) >= 11 is 0. The third-order valence-electron chi connectivity index (χ3n) is 5.38. The number of benzene rings is 3. The lowest BCUT2D eigenvalue weighted by molar-refractivity contribution is -0.137. The zero-order valence-corrected chi connectivity index (χ0v) is 18.1. The number of amides is 1. The Kier molecular flexibility index (Phi) is 7.52. The maximum Gasteiger partial charge on any atom is 0.416 e. The first-order valence-electron chi connectivity index (χ1n) is 10.5. The molecule has 3 aromatic carbocycles. The molecule has 0 aliphatic rings. The lowest BCUT2D eigenvalue weighted by atomic mass is 9.85. The molecule has 2 atom stereocenters. The van der Waals surface area contributed by atoms with Crippen LogP contribution in [0.3, 0.4) is 0 Å². The van der Waals surface area contributed by atoms with Crippen molar-refractivity contribution >= 4 is 12.0 Å². The van der Waals surface area contributed by atoms with Crippen molar-refractivity contribution in [3.05, 3.63) is 113 Å². The molecule has 0 heterocycles. The van der Waals surface area contributed by atoms with Gasteiger partial charge in [0.1, 0.15) is 0 Å². The molecule has 3 aromatic rings. The Morgan fingerprint density at radius 2 is 1.56 bits per heavy atom. The van der Waals surface area contributed by atoms with Crippen molar-refractivity contribution in [3.63, 3.8) is 0 Å². The van der Waals surface area contributed by atoms with Crippen molar-refractivity contribution in [1.82, 2.24) is 5.32 Å². The molecule has 5 heteroatoms. The highest BCUT2D eigenvalue weighted by molar-refractivity contribution is 5.84. The van der Waals surface area contributed by atoms with Gasteiger partial charge in [-0.3, -0.25) is 4.79 Å². The summed E-state index contributed by atoms with van der Waals surface area (Å²) in [6.07, 6.45) is -0.728. The molecule has 0 fully saturated rings. The van der Waals surface area contributed by atoms with Gasteiger partial charge in [-0.25, -0.2) is 0 Å². The highest BCUT2D eigenvalue weighted by atomic mass is 19.4. The first kappa shape index (κ1) is 23.3. The Hall–Kier alpha value is -3.34. The van der Waals surface area contributed by atoms with E-state index in [-0.39, 0.29) is 11.8 Å². The molecular formula is C27H26F3NO. The molecule has 0 aliphatic heterocycles. The van der Waals surface area contributed by atoms with Crippen LogP contribution < -0.4 is 5.32 Å². The monoisotopic (exact) mass is 437 g/mol. The molecular weight excluding hydrogens is 411 g/mol. The number of hydrogen-bond donors (Lipinski definition) is 1. The van der Waals surface area contributed by atoms with Crippen molar-refractivity contribution < 1.29 is 18.0 Å². The van der Waals surface area contributed by atoms with Crippen LogP contribution in [0.15, 0.2) is 84.9 Å². The topological polar surface area (TPSA) is 29.1 Å². The lowest BCUT2D eigenvalue weighted by Crippen LogP contribution is -2.32. The average Bonchev–Trinajstić information content (AvgIpc) is 2.78. The molecule has 0 spiro atoms. The smallest absolute Gasteiger partial charge is 0.351 e. The maximum atomic E-state index is 13.1. The normalized spacial score (nSPS) is 13.7. The lowest BCUT2D eigenvalue weighted by Gasteiger charge is -2.22. The fourth-order valence-electron chi connectivity index (χ4n) is 3.52. The van der Waals surface area contributed by atoms with Crippen molar-refractivity contribution in [2.24, 2.45) is 5.92 Å². The quantitative estimate of drug-likeness (QED) is 0.435. The summed E-state index contributed by atoms with van der Waals surface area (Å²) in [6.45, 7) is 4.35. The van der Waals surface area contributed by atoms with Crippen molar-refractivity contribution in [3.8, 4) is 0 Å². The summed E-state index contributed by atoms with van der Waals surface area (Å²) in [4.78, 5) is 13.1. The van der Waals surface area contributed by atoms with Gasteiger partial charge in [0.05, 0.1) is 11.5 Å². The number of aryl methyl sites for hydroxylation is 1. The van der Waals surface area contributed by atoms with Crippen LogP contribution in [0.25, 0.3) is 6.08 Å². The first-order chi connectivity index (χ1) is 15.2. The van der Waals surface area contributed by atoms with Crippen LogP contribution in [0.1, 0.15) is 40.7 Å². The fraction of sp³-hybridized carbons (Fsp3) is 0.222. The second-order valence-corrected chi connectivity index (χ2v) is 7.93. The van der Waals surface area contributed by atoms with Crippen LogP contribution in [0.5, 0.6) is 0 Å². The Morgan fingerprint density at radius 1 is 0.938 bits per heavy atom. The van der Waals surface area contributed by atoms with Gasteiger partial charge in [-0.1, -0.05) is 91.4 Å². The summed E-state index contributed by atoms with van der Waals surface area (Å²) < 4.78 is 38.3. The van der Waals surface area contributed by atoms with Crippen LogP contribution in [0.4, 0.5) is 13.2 Å². The van der Waals surface area contributed by atoms with Gasteiger partial charge in [-0.15, -0.1) is 0 Å². The van der Waals surface area contributed by atoms with E-state index in [4.69, 9.17) is 0 Å². The van der Waals surface area contributed by atoms with E-state index < -0.39 is 17.7 Å². The van der Waals surface area contributed by atoms with Crippen LogP contribution in [-0.4, -0.2) is 5.91 Å². The van der Waals surface area contributed by atoms with Gasteiger partial charge in [-0.2, -0.15) is 13.2 Å². The van der Waals surface area contributed by atoms with E-state index in [9.17, 15) is 18.0 Å². The standard InChI is InChI=1S/C27H26F3NO/c1-19-8-14-23(15-9-19)25(26(32)31-18-22-6-4-3-5-7-22)20(2)10-11-21-12-16-24(17-13-21)27(28,29)30/h3-17,20,25H,18H2,1-2H3,(H,31,32)/b11-10+/t20-,25-/m0/s1. The Morgan fingerprint density at radius 3 is 2.16 bits per heavy atom. The van der Waals surface area contributed by atoms with E-state index in [1.807, 2.05) is 74.5 Å². The zero-order chi connectivity index (χ0) is 23.1. The average molecular weight is 438 g/mol. The number of alkyl halides is 3. The summed E-state index contributed by atoms with van der Waals surface area (Å²) in [6, 6.07) is 22.5. The van der Waals surface area contributed by atoms with E-state index in [0.717, 1.165) is 28.8 Å². The molecule has 32 heavy (non-hydrogen) atoms. The predicted octanol–water partition coefficient (Wildman–Crippen LogP) is 6.76. The highest BCUT2D eigenvalue weighted by Crippen LogP contribution is 2.30. The van der Waals surface area contributed by atoms with Crippen LogP contribution in [0.2, 0.25) is 0 Å². The molecule has 2 nitrogen and oxygen atoms in total. The molecule has 166 valence electrons. The van der Waals surface area contributed by atoms with E-state index in [1.165, 1.54) is 12.1 Å².